The van der Waals surface area contributed by atoms with E-state index >= 15 is 0 Å². The van der Waals surface area contributed by atoms with E-state index in [1.54, 1.807) is 6.07 Å². The quantitative estimate of drug-likeness (QED) is 0.836. The minimum Gasteiger partial charge on any atom is -0.490 e. The van der Waals surface area contributed by atoms with E-state index in [0.29, 0.717) is 37.8 Å². The van der Waals surface area contributed by atoms with Crippen LogP contribution in [0.3, 0.4) is 0 Å². The Bertz CT molecular complexity index is 486. The SMILES string of the molecule is O=C(Nc1ccc2c(c1)OCCCO2)C1CNCCO1. The average Bonchev–Trinajstić information content (AvgIpc) is 2.73. The Labute approximate surface area is 117 Å². The maximum absolute atomic E-state index is 12.1. The van der Waals surface area contributed by atoms with Gasteiger partial charge in [0, 0.05) is 31.3 Å². The summed E-state index contributed by atoms with van der Waals surface area (Å²) in [5, 5.41) is 5.97. The zero-order valence-corrected chi connectivity index (χ0v) is 11.2. The smallest absolute Gasteiger partial charge is 0.254 e. The van der Waals surface area contributed by atoms with Crippen molar-refractivity contribution in [3.8, 4) is 11.5 Å². The molecule has 108 valence electrons. The third-order valence-electron chi connectivity index (χ3n) is 3.24. The number of benzene rings is 1. The van der Waals surface area contributed by atoms with Crippen molar-refractivity contribution in [1.82, 2.24) is 5.32 Å². The van der Waals surface area contributed by atoms with Gasteiger partial charge >= 0.3 is 0 Å². The van der Waals surface area contributed by atoms with E-state index in [1.807, 2.05) is 12.1 Å². The molecule has 6 nitrogen and oxygen atoms in total. The summed E-state index contributed by atoms with van der Waals surface area (Å²) in [6.07, 6.45) is 0.414. The van der Waals surface area contributed by atoms with Crippen molar-refractivity contribution in [2.24, 2.45) is 0 Å². The molecular weight excluding hydrogens is 260 g/mol. The number of fused-ring (bicyclic) bond motifs is 1. The maximum Gasteiger partial charge on any atom is 0.254 e. The normalized spacial score (nSPS) is 21.9. The van der Waals surface area contributed by atoms with Crippen molar-refractivity contribution < 1.29 is 19.0 Å². The average molecular weight is 278 g/mol. The molecule has 0 radical (unpaired) electrons. The molecule has 1 atom stereocenters. The molecule has 0 aromatic heterocycles. The zero-order chi connectivity index (χ0) is 13.8. The molecule has 0 saturated carbocycles. The number of morpholine rings is 1. The summed E-state index contributed by atoms with van der Waals surface area (Å²) in [5.74, 6) is 1.24. The van der Waals surface area contributed by atoms with Gasteiger partial charge in [-0.25, -0.2) is 0 Å². The lowest BCUT2D eigenvalue weighted by molar-refractivity contribution is -0.128. The Kier molecular flexibility index (Phi) is 4.03. The first-order valence-corrected chi connectivity index (χ1v) is 6.86. The number of amides is 1. The number of ether oxygens (including phenoxy) is 3. The lowest BCUT2D eigenvalue weighted by Crippen LogP contribution is -2.45. The number of hydrogen-bond acceptors (Lipinski definition) is 5. The molecular formula is C14H18N2O4. The number of hydrogen-bond donors (Lipinski definition) is 2. The molecule has 2 N–H and O–H groups in total. The van der Waals surface area contributed by atoms with Crippen molar-refractivity contribution in [1.29, 1.82) is 0 Å². The topological polar surface area (TPSA) is 68.8 Å². The summed E-state index contributed by atoms with van der Waals surface area (Å²) >= 11 is 0. The minimum absolute atomic E-state index is 0.147. The second-order valence-electron chi connectivity index (χ2n) is 4.76. The second-order valence-corrected chi connectivity index (χ2v) is 4.76. The van der Waals surface area contributed by atoms with Gasteiger partial charge in [-0.05, 0) is 12.1 Å². The van der Waals surface area contributed by atoms with Crippen LogP contribution in [-0.4, -0.2) is 44.9 Å². The molecule has 0 bridgehead atoms. The maximum atomic E-state index is 12.1. The van der Waals surface area contributed by atoms with E-state index < -0.39 is 6.10 Å². The van der Waals surface area contributed by atoms with Gasteiger partial charge in [0.15, 0.2) is 11.5 Å². The predicted molar refractivity (Wildman–Crippen MR) is 73.3 cm³/mol. The molecule has 1 amide bonds. The van der Waals surface area contributed by atoms with E-state index in [4.69, 9.17) is 14.2 Å². The molecule has 2 aliphatic rings. The van der Waals surface area contributed by atoms with Crippen molar-refractivity contribution in [3.05, 3.63) is 18.2 Å². The van der Waals surface area contributed by atoms with Crippen LogP contribution < -0.4 is 20.1 Å². The molecule has 0 spiro atoms. The van der Waals surface area contributed by atoms with Crippen LogP contribution in [0, 0.1) is 0 Å². The highest BCUT2D eigenvalue weighted by Crippen LogP contribution is 2.32. The fraction of sp³-hybridized carbons (Fsp3) is 0.500. The van der Waals surface area contributed by atoms with Gasteiger partial charge in [0.2, 0.25) is 0 Å². The third kappa shape index (κ3) is 3.02. The van der Waals surface area contributed by atoms with Crippen LogP contribution in [0.4, 0.5) is 5.69 Å². The number of carbonyl (C=O) groups excluding carboxylic acids is 1. The van der Waals surface area contributed by atoms with E-state index in [9.17, 15) is 4.79 Å². The first-order valence-electron chi connectivity index (χ1n) is 6.86. The Balaban J connectivity index is 1.68. The summed E-state index contributed by atoms with van der Waals surface area (Å²) in [6.45, 7) is 3.16. The van der Waals surface area contributed by atoms with Crippen molar-refractivity contribution in [2.45, 2.75) is 12.5 Å². The van der Waals surface area contributed by atoms with Crippen LogP contribution in [0.15, 0.2) is 18.2 Å². The number of carbonyl (C=O) groups is 1. The Morgan fingerprint density at radius 1 is 1.20 bits per heavy atom. The largest absolute Gasteiger partial charge is 0.490 e. The Morgan fingerprint density at radius 2 is 2.05 bits per heavy atom. The van der Waals surface area contributed by atoms with E-state index in [2.05, 4.69) is 10.6 Å². The van der Waals surface area contributed by atoms with E-state index in [1.165, 1.54) is 0 Å². The fourth-order valence-electron chi connectivity index (χ4n) is 2.20. The van der Waals surface area contributed by atoms with E-state index in [0.717, 1.165) is 18.7 Å². The third-order valence-corrected chi connectivity index (χ3v) is 3.24. The first-order chi connectivity index (χ1) is 9.83. The van der Waals surface area contributed by atoms with Crippen molar-refractivity contribution in [2.75, 3.05) is 38.2 Å². The summed E-state index contributed by atoms with van der Waals surface area (Å²) in [5.41, 5.74) is 0.688. The van der Waals surface area contributed by atoms with Crippen LogP contribution in [0.1, 0.15) is 6.42 Å². The molecule has 6 heteroatoms. The molecule has 1 saturated heterocycles. The molecule has 3 rings (SSSR count). The van der Waals surface area contributed by atoms with Gasteiger partial charge in [-0.15, -0.1) is 0 Å². The minimum atomic E-state index is -0.445. The molecule has 1 aromatic carbocycles. The van der Waals surface area contributed by atoms with Crippen LogP contribution >= 0.6 is 0 Å². The highest BCUT2D eigenvalue weighted by Gasteiger charge is 2.22. The Hall–Kier alpha value is -1.79. The lowest BCUT2D eigenvalue weighted by Gasteiger charge is -2.22. The summed E-state index contributed by atoms with van der Waals surface area (Å²) in [6, 6.07) is 5.41. The lowest BCUT2D eigenvalue weighted by atomic mass is 10.2. The van der Waals surface area contributed by atoms with Crippen LogP contribution in [0.2, 0.25) is 0 Å². The van der Waals surface area contributed by atoms with Crippen LogP contribution in [0.5, 0.6) is 11.5 Å². The standard InChI is InChI=1S/C14H18N2O4/c17-14(13-9-15-4-7-20-13)16-10-2-3-11-12(8-10)19-6-1-5-18-11/h2-3,8,13,15H,1,4-7,9H2,(H,16,17). The van der Waals surface area contributed by atoms with Crippen LogP contribution in [0.25, 0.3) is 0 Å². The highest BCUT2D eigenvalue weighted by molar-refractivity contribution is 5.94. The fourth-order valence-corrected chi connectivity index (χ4v) is 2.20. The van der Waals surface area contributed by atoms with E-state index in [-0.39, 0.29) is 5.91 Å². The molecule has 20 heavy (non-hydrogen) atoms. The number of anilines is 1. The Morgan fingerprint density at radius 3 is 2.85 bits per heavy atom. The molecule has 1 fully saturated rings. The van der Waals surface area contributed by atoms with Gasteiger partial charge in [0.05, 0.1) is 19.8 Å². The second kappa shape index (κ2) is 6.11. The summed E-state index contributed by atoms with van der Waals surface area (Å²) < 4.78 is 16.6. The molecule has 1 aromatic rings. The molecule has 2 aliphatic heterocycles. The van der Waals surface area contributed by atoms with Gasteiger partial charge in [-0.2, -0.15) is 0 Å². The van der Waals surface area contributed by atoms with Gasteiger partial charge in [0.25, 0.3) is 5.91 Å². The predicted octanol–water partition coefficient (Wildman–Crippen LogP) is 0.775. The first kappa shape index (κ1) is 13.2. The summed E-state index contributed by atoms with van der Waals surface area (Å²) in [4.78, 5) is 12.1. The molecule has 0 aliphatic carbocycles. The van der Waals surface area contributed by atoms with Gasteiger partial charge in [0.1, 0.15) is 6.10 Å². The van der Waals surface area contributed by atoms with Crippen molar-refractivity contribution >= 4 is 11.6 Å². The summed E-state index contributed by atoms with van der Waals surface area (Å²) in [7, 11) is 0. The van der Waals surface area contributed by atoms with Gasteiger partial charge < -0.3 is 24.8 Å². The molecule has 2 heterocycles. The molecule has 1 unspecified atom stereocenters. The monoisotopic (exact) mass is 278 g/mol. The number of rotatable bonds is 2. The highest BCUT2D eigenvalue weighted by atomic mass is 16.5. The zero-order valence-electron chi connectivity index (χ0n) is 11.2. The van der Waals surface area contributed by atoms with Crippen LogP contribution in [-0.2, 0) is 9.53 Å². The van der Waals surface area contributed by atoms with Gasteiger partial charge in [-0.1, -0.05) is 0 Å². The van der Waals surface area contributed by atoms with Crippen molar-refractivity contribution in [3.63, 3.8) is 0 Å². The number of nitrogens with one attached hydrogen (secondary N) is 2. The van der Waals surface area contributed by atoms with Gasteiger partial charge in [-0.3, -0.25) is 4.79 Å².